The van der Waals surface area contributed by atoms with Crippen LogP contribution in [0.3, 0.4) is 0 Å². The van der Waals surface area contributed by atoms with Gasteiger partial charge in [0.05, 0.1) is 43.4 Å². The number of fused-ring (bicyclic) bond motifs is 5. The highest BCUT2D eigenvalue weighted by Gasteiger charge is 2.37. The Morgan fingerprint density at radius 1 is 0.735 bits per heavy atom. The summed E-state index contributed by atoms with van der Waals surface area (Å²) in [4.78, 5) is 50.3. The standard InChI is InChI=1S/C33H41N9O3.C14H19ClN6O2/c1-6-23-24(7-8-34-30(23)41-11-10-40-27(32(41)44)15-21-18-33(2,3)19-28(21)40)25-17-26(31(43)38(4)36-25)35-29-16-22-20-39(13-14-45-5)9-12-42(22)37-29;1-19-14(22)11(8-12(15)17-19)16-13-7-10-9-20(5-6-23-2)3-4-21(10)18-13/h7-8,15-17H,6,9-14,18-20H2,1-5H3,(H,35,37);7-8H,3-6,9H2,1-2H3,(H,16,18). The molecule has 0 saturated heterocycles. The molecular weight excluding hydrogens is 890 g/mol. The van der Waals surface area contributed by atoms with E-state index in [4.69, 9.17) is 31.2 Å². The van der Waals surface area contributed by atoms with E-state index in [1.807, 2.05) is 32.5 Å². The van der Waals surface area contributed by atoms with Gasteiger partial charge >= 0.3 is 0 Å². The summed E-state index contributed by atoms with van der Waals surface area (Å²) in [5.74, 6) is 1.88. The topological polar surface area (TPSA) is 193 Å². The molecule has 4 aliphatic rings. The highest BCUT2D eigenvalue weighted by atomic mass is 35.5. The van der Waals surface area contributed by atoms with Gasteiger partial charge in [0, 0.05) is 122 Å². The first-order valence-corrected chi connectivity index (χ1v) is 23.5. The van der Waals surface area contributed by atoms with Gasteiger partial charge in [0.15, 0.2) is 16.8 Å². The Hall–Kier alpha value is -6.19. The predicted octanol–water partition coefficient (Wildman–Crippen LogP) is 4.23. The van der Waals surface area contributed by atoms with Crippen molar-refractivity contribution < 1.29 is 14.3 Å². The Balaban J connectivity index is 0.000000211. The number of halogens is 1. The number of hydrogen-bond donors (Lipinski definition) is 2. The second-order valence-electron chi connectivity index (χ2n) is 18.6. The number of rotatable bonds is 13. The quantitative estimate of drug-likeness (QED) is 0.167. The second-order valence-corrected chi connectivity index (χ2v) is 19.0. The number of anilines is 5. The van der Waals surface area contributed by atoms with E-state index >= 15 is 0 Å². The molecule has 0 aromatic carbocycles. The summed E-state index contributed by atoms with van der Waals surface area (Å²) >= 11 is 5.90. The van der Waals surface area contributed by atoms with Crippen LogP contribution in [0.25, 0.3) is 11.3 Å². The van der Waals surface area contributed by atoms with Crippen molar-refractivity contribution in [1.29, 1.82) is 0 Å². The number of aromatic nitrogens is 10. The molecule has 1 amide bonds. The van der Waals surface area contributed by atoms with Crippen LogP contribution < -0.4 is 26.7 Å². The van der Waals surface area contributed by atoms with E-state index in [-0.39, 0.29) is 27.6 Å². The van der Waals surface area contributed by atoms with E-state index in [0.29, 0.717) is 60.7 Å². The smallest absolute Gasteiger partial charge is 0.290 e. The number of ether oxygens (including phenoxy) is 2. The van der Waals surface area contributed by atoms with Crippen LogP contribution in [-0.2, 0) is 75.6 Å². The van der Waals surface area contributed by atoms with Crippen LogP contribution in [0.4, 0.5) is 28.8 Å². The van der Waals surface area contributed by atoms with Crippen LogP contribution in [-0.4, -0.2) is 125 Å². The molecule has 0 unspecified atom stereocenters. The van der Waals surface area contributed by atoms with Crippen molar-refractivity contribution in [1.82, 2.24) is 58.5 Å². The first kappa shape index (κ1) is 46.9. The molecule has 0 radical (unpaired) electrons. The van der Waals surface area contributed by atoms with Crippen molar-refractivity contribution in [3.05, 3.63) is 102 Å². The molecule has 21 heteroatoms. The molecule has 0 saturated carbocycles. The molecule has 10 rings (SSSR count). The van der Waals surface area contributed by atoms with E-state index < -0.39 is 0 Å². The summed E-state index contributed by atoms with van der Waals surface area (Å²) in [6.45, 7) is 16.1. The van der Waals surface area contributed by atoms with E-state index in [2.05, 4.69) is 67.1 Å². The molecule has 2 N–H and O–H groups in total. The van der Waals surface area contributed by atoms with Crippen LogP contribution in [0.2, 0.25) is 5.15 Å². The number of methoxy groups -OCH3 is 2. The van der Waals surface area contributed by atoms with E-state index in [0.717, 1.165) is 100.0 Å². The third-order valence-electron chi connectivity index (χ3n) is 13.1. The number of nitrogens with one attached hydrogen (secondary N) is 2. The monoisotopic (exact) mass is 949 g/mol. The molecule has 68 heavy (non-hydrogen) atoms. The highest BCUT2D eigenvalue weighted by molar-refractivity contribution is 6.29. The molecule has 20 nitrogen and oxygen atoms in total. The Labute approximate surface area is 399 Å². The maximum absolute atomic E-state index is 13.9. The average molecular weight is 951 g/mol. The number of aryl methyl sites for hydroxylation is 2. The molecule has 3 aliphatic heterocycles. The lowest BCUT2D eigenvalue weighted by Crippen LogP contribution is -2.41. The van der Waals surface area contributed by atoms with Crippen LogP contribution in [0.15, 0.2) is 52.2 Å². The number of carbonyl (C=O) groups is 1. The first-order chi connectivity index (χ1) is 32.7. The van der Waals surface area contributed by atoms with Crippen molar-refractivity contribution in [3.8, 4) is 11.3 Å². The fourth-order valence-corrected chi connectivity index (χ4v) is 9.99. The van der Waals surface area contributed by atoms with Gasteiger partial charge in [0.1, 0.15) is 22.9 Å². The van der Waals surface area contributed by atoms with Gasteiger partial charge in [-0.05, 0) is 48.4 Å². The zero-order chi connectivity index (χ0) is 47.9. The van der Waals surface area contributed by atoms with E-state index in [1.54, 1.807) is 40.6 Å². The minimum absolute atomic E-state index is 0.0203. The fourth-order valence-electron chi connectivity index (χ4n) is 9.77. The number of amides is 1. The molecular formula is C47H60ClN15O5. The van der Waals surface area contributed by atoms with E-state index in [9.17, 15) is 14.4 Å². The van der Waals surface area contributed by atoms with Gasteiger partial charge in [0.25, 0.3) is 17.0 Å². The van der Waals surface area contributed by atoms with Crippen LogP contribution in [0, 0.1) is 5.41 Å². The van der Waals surface area contributed by atoms with Crippen molar-refractivity contribution in [2.75, 3.05) is 75.7 Å². The molecule has 0 atom stereocenters. The van der Waals surface area contributed by atoms with Crippen molar-refractivity contribution in [3.63, 3.8) is 0 Å². The van der Waals surface area contributed by atoms with Crippen molar-refractivity contribution >= 4 is 46.3 Å². The average Bonchev–Trinajstić information content (AvgIpc) is 4.08. The largest absolute Gasteiger partial charge is 0.383 e. The molecule has 360 valence electrons. The second kappa shape index (κ2) is 19.4. The van der Waals surface area contributed by atoms with Crippen molar-refractivity contribution in [2.45, 2.75) is 72.8 Å². The van der Waals surface area contributed by atoms with Gasteiger partial charge in [-0.3, -0.25) is 38.4 Å². The normalized spacial score (nSPS) is 16.5. The lowest BCUT2D eigenvalue weighted by molar-refractivity contribution is 0.0963. The molecule has 9 heterocycles. The summed E-state index contributed by atoms with van der Waals surface area (Å²) < 4.78 is 19.1. The third-order valence-corrected chi connectivity index (χ3v) is 13.3. The maximum atomic E-state index is 13.9. The van der Waals surface area contributed by atoms with E-state index in [1.165, 1.54) is 26.7 Å². The van der Waals surface area contributed by atoms with Crippen LogP contribution >= 0.6 is 11.6 Å². The van der Waals surface area contributed by atoms with Gasteiger partial charge in [-0.15, -0.1) is 0 Å². The lowest BCUT2D eigenvalue weighted by atomic mass is 9.90. The van der Waals surface area contributed by atoms with Gasteiger partial charge in [0.2, 0.25) is 0 Å². The first-order valence-electron chi connectivity index (χ1n) is 23.2. The minimum atomic E-state index is -0.248. The Morgan fingerprint density at radius 2 is 1.34 bits per heavy atom. The number of carbonyl (C=O) groups excluding carboxylic acids is 1. The number of hydrogen-bond acceptors (Lipinski definition) is 14. The molecule has 1 aliphatic carbocycles. The molecule has 6 aromatic rings. The Morgan fingerprint density at radius 3 is 1.94 bits per heavy atom. The summed E-state index contributed by atoms with van der Waals surface area (Å²) in [7, 11) is 6.63. The molecule has 6 aromatic heterocycles. The van der Waals surface area contributed by atoms with Crippen LogP contribution in [0.5, 0.6) is 0 Å². The van der Waals surface area contributed by atoms with Gasteiger partial charge in [-0.25, -0.2) is 14.3 Å². The minimum Gasteiger partial charge on any atom is -0.383 e. The van der Waals surface area contributed by atoms with Gasteiger partial charge in [-0.1, -0.05) is 32.4 Å². The molecule has 0 spiro atoms. The number of pyridine rings is 1. The third kappa shape index (κ3) is 9.60. The maximum Gasteiger partial charge on any atom is 0.290 e. The molecule has 0 fully saturated rings. The Bertz CT molecular complexity index is 2970. The van der Waals surface area contributed by atoms with Gasteiger partial charge in [-0.2, -0.15) is 20.4 Å². The predicted molar refractivity (Wildman–Crippen MR) is 259 cm³/mol. The van der Waals surface area contributed by atoms with Crippen LogP contribution in [0.1, 0.15) is 59.5 Å². The summed E-state index contributed by atoms with van der Waals surface area (Å²) in [6, 6.07) is 11.2. The fraction of sp³-hybridized carbons (Fsp3) is 0.489. The van der Waals surface area contributed by atoms with Gasteiger partial charge < -0.3 is 24.7 Å². The highest BCUT2D eigenvalue weighted by Crippen LogP contribution is 2.40. The summed E-state index contributed by atoms with van der Waals surface area (Å²) in [5, 5.41) is 24.3. The zero-order valence-corrected chi connectivity index (χ0v) is 40.6. The summed E-state index contributed by atoms with van der Waals surface area (Å²) in [5.41, 5.74) is 8.41. The lowest BCUT2D eigenvalue weighted by Gasteiger charge is -2.31. The summed E-state index contributed by atoms with van der Waals surface area (Å²) in [6.07, 6.45) is 4.36. The molecule has 0 bridgehead atoms. The number of nitrogens with zero attached hydrogens (tertiary/aromatic N) is 13. The van der Waals surface area contributed by atoms with Crippen molar-refractivity contribution in [2.24, 2.45) is 19.5 Å². The zero-order valence-electron chi connectivity index (χ0n) is 39.9. The Kier molecular flexibility index (Phi) is 13.4. The SMILES string of the molecule is CCc1c(-c2cc(Nc3cc4n(n3)CCN(CCOC)C4)c(=O)n(C)n2)ccnc1N1CCn2c(cc3c2CC(C)(C)C3)C1=O.COCCN1CCn2nc(Nc3cc(Cl)nn(C)c3=O)cc2C1.